The molecule has 1 saturated heterocycles. The van der Waals surface area contributed by atoms with Crippen LogP contribution in [0.3, 0.4) is 0 Å². The molecule has 1 heterocycles. The van der Waals surface area contributed by atoms with E-state index in [-0.39, 0.29) is 24.0 Å². The number of piperidine rings is 1. The first-order chi connectivity index (χ1) is 7.43. The second kappa shape index (κ2) is 5.09. The fourth-order valence-electron chi connectivity index (χ4n) is 1.94. The summed E-state index contributed by atoms with van der Waals surface area (Å²) in [7, 11) is 0. The molecule has 1 rings (SSSR count). The number of carboxylic acid groups (broad SMARTS) is 1. The van der Waals surface area contributed by atoms with Crippen molar-refractivity contribution >= 4 is 17.7 Å². The molecule has 16 heavy (non-hydrogen) atoms. The van der Waals surface area contributed by atoms with E-state index in [9.17, 15) is 14.4 Å². The summed E-state index contributed by atoms with van der Waals surface area (Å²) in [6.07, 6.45) is 0.376. The summed E-state index contributed by atoms with van der Waals surface area (Å²) >= 11 is 0. The monoisotopic (exact) mass is 227 g/mol. The average Bonchev–Trinajstić information content (AvgIpc) is 2.27. The van der Waals surface area contributed by atoms with Crippen LogP contribution in [0.2, 0.25) is 0 Å². The zero-order valence-corrected chi connectivity index (χ0v) is 9.60. The Kier molecular flexibility index (Phi) is 4.04. The van der Waals surface area contributed by atoms with Gasteiger partial charge < -0.3 is 10.0 Å². The molecule has 1 N–H and O–H groups in total. The van der Waals surface area contributed by atoms with E-state index < -0.39 is 12.0 Å². The van der Waals surface area contributed by atoms with Crippen LogP contribution >= 0.6 is 0 Å². The normalized spacial score (nSPS) is 22.6. The second-order valence-electron chi connectivity index (χ2n) is 4.30. The summed E-state index contributed by atoms with van der Waals surface area (Å²) in [5.74, 6) is -1.21. The lowest BCUT2D eigenvalue weighted by Gasteiger charge is -2.30. The number of hydrogen-bond acceptors (Lipinski definition) is 3. The maximum Gasteiger partial charge on any atom is 0.407 e. The molecule has 1 aliphatic rings. The molecule has 0 radical (unpaired) electrons. The summed E-state index contributed by atoms with van der Waals surface area (Å²) in [5.41, 5.74) is 0. The van der Waals surface area contributed by atoms with Crippen LogP contribution in [-0.2, 0) is 9.59 Å². The van der Waals surface area contributed by atoms with Crippen LogP contribution in [0, 0.1) is 11.8 Å². The fraction of sp³-hybridized carbons (Fsp3) is 0.727. The third kappa shape index (κ3) is 2.81. The van der Waals surface area contributed by atoms with Crippen molar-refractivity contribution in [1.29, 1.82) is 0 Å². The number of carbonyl (C=O) groups is 3. The minimum absolute atomic E-state index is 0.126. The average molecular weight is 227 g/mol. The Hall–Kier alpha value is -1.39. The standard InChI is InChI=1S/C11H17NO4/c1-7(8(2)13)10(14)9-4-3-5-12(6-9)11(15)16/h7,9H,3-6H2,1-2H3,(H,15,16)/t7?,9-/m1/s1. The predicted molar refractivity (Wildman–Crippen MR) is 57.2 cm³/mol. The Morgan fingerprint density at radius 1 is 1.38 bits per heavy atom. The van der Waals surface area contributed by atoms with Crippen molar-refractivity contribution in [1.82, 2.24) is 4.90 Å². The minimum Gasteiger partial charge on any atom is -0.465 e. The number of nitrogens with zero attached hydrogens (tertiary/aromatic N) is 1. The maximum atomic E-state index is 11.9. The van der Waals surface area contributed by atoms with Crippen molar-refractivity contribution < 1.29 is 19.5 Å². The third-order valence-electron chi connectivity index (χ3n) is 3.13. The molecule has 0 aromatic heterocycles. The van der Waals surface area contributed by atoms with E-state index in [1.807, 2.05) is 0 Å². The van der Waals surface area contributed by atoms with Gasteiger partial charge >= 0.3 is 6.09 Å². The maximum absolute atomic E-state index is 11.9. The topological polar surface area (TPSA) is 74.7 Å². The number of carbonyl (C=O) groups excluding carboxylic acids is 2. The zero-order chi connectivity index (χ0) is 12.3. The van der Waals surface area contributed by atoms with Gasteiger partial charge in [-0.15, -0.1) is 0 Å². The van der Waals surface area contributed by atoms with E-state index in [4.69, 9.17) is 5.11 Å². The second-order valence-corrected chi connectivity index (χ2v) is 4.30. The van der Waals surface area contributed by atoms with Gasteiger partial charge in [0.1, 0.15) is 11.6 Å². The van der Waals surface area contributed by atoms with Crippen LogP contribution in [0.15, 0.2) is 0 Å². The van der Waals surface area contributed by atoms with Crippen LogP contribution < -0.4 is 0 Å². The lowest BCUT2D eigenvalue weighted by molar-refractivity contribution is -0.134. The Morgan fingerprint density at radius 3 is 2.50 bits per heavy atom. The first-order valence-corrected chi connectivity index (χ1v) is 5.45. The molecule has 0 spiro atoms. The van der Waals surface area contributed by atoms with Gasteiger partial charge in [0.05, 0.1) is 5.92 Å². The number of Topliss-reactive ketones (excluding diaryl/α,β-unsaturated/α-hetero) is 2. The van der Waals surface area contributed by atoms with Gasteiger partial charge in [-0.3, -0.25) is 9.59 Å². The molecule has 1 aliphatic heterocycles. The highest BCUT2D eigenvalue weighted by atomic mass is 16.4. The molecule has 0 aromatic carbocycles. The van der Waals surface area contributed by atoms with Crippen molar-refractivity contribution in [2.45, 2.75) is 26.7 Å². The van der Waals surface area contributed by atoms with Crippen molar-refractivity contribution in [2.75, 3.05) is 13.1 Å². The molecular formula is C11H17NO4. The lowest BCUT2D eigenvalue weighted by atomic mass is 9.86. The van der Waals surface area contributed by atoms with Gasteiger partial charge in [0.2, 0.25) is 0 Å². The molecule has 90 valence electrons. The van der Waals surface area contributed by atoms with Gasteiger partial charge in [-0.2, -0.15) is 0 Å². The molecular weight excluding hydrogens is 210 g/mol. The predicted octanol–water partition coefficient (Wildman–Crippen LogP) is 1.17. The first kappa shape index (κ1) is 12.7. The Bertz CT molecular complexity index is 313. The largest absolute Gasteiger partial charge is 0.465 e. The summed E-state index contributed by atoms with van der Waals surface area (Å²) < 4.78 is 0. The van der Waals surface area contributed by atoms with Gasteiger partial charge in [-0.1, -0.05) is 0 Å². The highest BCUT2D eigenvalue weighted by Gasteiger charge is 2.31. The first-order valence-electron chi connectivity index (χ1n) is 5.45. The van der Waals surface area contributed by atoms with Crippen molar-refractivity contribution in [3.63, 3.8) is 0 Å². The smallest absolute Gasteiger partial charge is 0.407 e. The van der Waals surface area contributed by atoms with Gasteiger partial charge in [0.15, 0.2) is 0 Å². The fourth-order valence-corrected chi connectivity index (χ4v) is 1.94. The van der Waals surface area contributed by atoms with Crippen LogP contribution in [0.1, 0.15) is 26.7 Å². The summed E-state index contributed by atoms with van der Waals surface area (Å²) in [6.45, 7) is 3.68. The Labute approximate surface area is 94.4 Å². The van der Waals surface area contributed by atoms with Gasteiger partial charge in [-0.25, -0.2) is 4.79 Å². The molecule has 5 nitrogen and oxygen atoms in total. The summed E-state index contributed by atoms with van der Waals surface area (Å²) in [6, 6.07) is 0. The van der Waals surface area contributed by atoms with Crippen molar-refractivity contribution in [2.24, 2.45) is 11.8 Å². The molecule has 1 amide bonds. The van der Waals surface area contributed by atoms with Crippen molar-refractivity contribution in [3.05, 3.63) is 0 Å². The highest BCUT2D eigenvalue weighted by molar-refractivity contribution is 6.02. The number of amides is 1. The molecule has 0 saturated carbocycles. The molecule has 0 bridgehead atoms. The SMILES string of the molecule is CC(=O)C(C)C(=O)[C@@H]1CCCN(C(=O)O)C1. The van der Waals surface area contributed by atoms with E-state index in [0.717, 1.165) is 0 Å². The molecule has 0 aromatic rings. The summed E-state index contributed by atoms with van der Waals surface area (Å²) in [4.78, 5) is 35.0. The quantitative estimate of drug-likeness (QED) is 0.734. The number of hydrogen-bond donors (Lipinski definition) is 1. The van der Waals surface area contributed by atoms with Crippen molar-refractivity contribution in [3.8, 4) is 0 Å². The third-order valence-corrected chi connectivity index (χ3v) is 3.13. The van der Waals surface area contributed by atoms with E-state index >= 15 is 0 Å². The van der Waals surface area contributed by atoms with Gasteiger partial charge in [0, 0.05) is 19.0 Å². The van der Waals surface area contributed by atoms with Crippen LogP contribution in [-0.4, -0.2) is 40.8 Å². The minimum atomic E-state index is -0.993. The number of likely N-dealkylation sites (tertiary alicyclic amines) is 1. The van der Waals surface area contributed by atoms with Crippen LogP contribution in [0.4, 0.5) is 4.79 Å². The molecule has 5 heteroatoms. The Balaban J connectivity index is 2.63. The lowest BCUT2D eigenvalue weighted by Crippen LogP contribution is -2.43. The zero-order valence-electron chi connectivity index (χ0n) is 9.60. The molecule has 0 aliphatic carbocycles. The van der Waals surface area contributed by atoms with Gasteiger partial charge in [0.25, 0.3) is 0 Å². The summed E-state index contributed by atoms with van der Waals surface area (Å²) in [5, 5.41) is 8.83. The molecule has 1 fully saturated rings. The van der Waals surface area contributed by atoms with E-state index in [0.29, 0.717) is 19.4 Å². The Morgan fingerprint density at radius 2 is 2.00 bits per heavy atom. The van der Waals surface area contributed by atoms with E-state index in [1.54, 1.807) is 6.92 Å². The van der Waals surface area contributed by atoms with Gasteiger partial charge in [-0.05, 0) is 26.7 Å². The number of rotatable bonds is 3. The molecule has 1 unspecified atom stereocenters. The van der Waals surface area contributed by atoms with E-state index in [1.165, 1.54) is 11.8 Å². The highest BCUT2D eigenvalue weighted by Crippen LogP contribution is 2.20. The number of ketones is 2. The van der Waals surface area contributed by atoms with Crippen LogP contribution in [0.25, 0.3) is 0 Å². The van der Waals surface area contributed by atoms with Crippen LogP contribution in [0.5, 0.6) is 0 Å². The molecule has 2 atom stereocenters. The van der Waals surface area contributed by atoms with E-state index in [2.05, 4.69) is 0 Å².